The van der Waals surface area contributed by atoms with Crippen LogP contribution in [0, 0.1) is 11.8 Å². The monoisotopic (exact) mass is 493 g/mol. The number of methoxy groups -OCH3 is 1. The van der Waals surface area contributed by atoms with E-state index >= 15 is 0 Å². The molecule has 1 rings (SSSR count). The first-order valence-corrected chi connectivity index (χ1v) is 12.9. The van der Waals surface area contributed by atoms with Gasteiger partial charge in [0.05, 0.1) is 13.2 Å². The first-order valence-electron chi connectivity index (χ1n) is 12.9. The third-order valence-electron chi connectivity index (χ3n) is 6.59. The maximum absolute atomic E-state index is 11.7. The van der Waals surface area contributed by atoms with E-state index in [2.05, 4.69) is 24.2 Å². The lowest BCUT2D eigenvalue weighted by Gasteiger charge is -2.27. The van der Waals surface area contributed by atoms with Gasteiger partial charge < -0.3 is 30.7 Å². The highest BCUT2D eigenvalue weighted by molar-refractivity contribution is 5.77. The maximum Gasteiger partial charge on any atom is 0.302 e. The van der Waals surface area contributed by atoms with Gasteiger partial charge in [-0.1, -0.05) is 45.6 Å². The fraction of sp³-hybridized carbons (Fsp3) is 0.704. The number of esters is 1. The quantitative estimate of drug-likeness (QED) is 0.111. The number of nitrogens with one attached hydrogen (secondary N) is 1. The summed E-state index contributed by atoms with van der Waals surface area (Å²) < 4.78 is 10.7. The van der Waals surface area contributed by atoms with E-state index in [9.17, 15) is 15.0 Å². The van der Waals surface area contributed by atoms with E-state index in [0.717, 1.165) is 24.9 Å². The Labute approximate surface area is 211 Å². The number of nitrogens with zero attached hydrogens (tertiary/aromatic N) is 1. The summed E-state index contributed by atoms with van der Waals surface area (Å²) in [5.74, 6) is 1.43. The van der Waals surface area contributed by atoms with Crippen molar-refractivity contribution in [2.75, 3.05) is 20.7 Å². The minimum absolute atomic E-state index is 0.0862. The number of aliphatic hydroxyl groups excluding tert-OH is 1. The first-order chi connectivity index (χ1) is 16.7. The number of carbonyl (C=O) groups excluding carboxylic acids is 1. The van der Waals surface area contributed by atoms with Gasteiger partial charge in [0.15, 0.2) is 17.5 Å². The number of carbonyl (C=O) groups is 1. The van der Waals surface area contributed by atoms with Crippen molar-refractivity contribution >= 4 is 11.9 Å². The van der Waals surface area contributed by atoms with Crippen molar-refractivity contribution in [3.05, 3.63) is 23.8 Å². The Bertz CT molecular complexity index is 771. The average Bonchev–Trinajstić information content (AvgIpc) is 2.82. The largest absolute Gasteiger partial charge is 0.504 e. The summed E-state index contributed by atoms with van der Waals surface area (Å²) in [5, 5.41) is 23.8. The molecule has 8 nitrogen and oxygen atoms in total. The van der Waals surface area contributed by atoms with Gasteiger partial charge in [-0.15, -0.1) is 0 Å². The highest BCUT2D eigenvalue weighted by Gasteiger charge is 2.22. The van der Waals surface area contributed by atoms with Crippen molar-refractivity contribution in [2.45, 2.75) is 90.8 Å². The molecule has 4 atom stereocenters. The topological polar surface area (TPSA) is 126 Å². The smallest absolute Gasteiger partial charge is 0.302 e. The second-order valence-corrected chi connectivity index (χ2v) is 9.47. The van der Waals surface area contributed by atoms with Crippen LogP contribution in [-0.4, -0.2) is 55.1 Å². The maximum atomic E-state index is 11.7. The predicted molar refractivity (Wildman–Crippen MR) is 141 cm³/mol. The lowest BCUT2D eigenvalue weighted by molar-refractivity contribution is -0.148. The lowest BCUT2D eigenvalue weighted by atomic mass is 9.84. The summed E-state index contributed by atoms with van der Waals surface area (Å²) in [5.41, 5.74) is 6.80. The normalized spacial score (nSPS) is 15.2. The molecule has 4 unspecified atom stereocenters. The molecule has 0 spiro atoms. The van der Waals surface area contributed by atoms with Gasteiger partial charge >= 0.3 is 5.97 Å². The van der Waals surface area contributed by atoms with E-state index < -0.39 is 6.10 Å². The van der Waals surface area contributed by atoms with Crippen LogP contribution in [0.2, 0.25) is 0 Å². The van der Waals surface area contributed by atoms with Crippen molar-refractivity contribution in [2.24, 2.45) is 22.6 Å². The van der Waals surface area contributed by atoms with Crippen molar-refractivity contribution in [1.29, 1.82) is 0 Å². The number of aryl methyl sites for hydroxylation is 1. The summed E-state index contributed by atoms with van der Waals surface area (Å²) >= 11 is 0. The Kier molecular flexibility index (Phi) is 14.9. The summed E-state index contributed by atoms with van der Waals surface area (Å²) in [6.07, 6.45) is 6.87. The molecule has 0 saturated heterocycles. The molecule has 8 heteroatoms. The molecule has 0 aliphatic carbocycles. The number of ether oxygens (including phenoxy) is 2. The van der Waals surface area contributed by atoms with Gasteiger partial charge in [0, 0.05) is 26.9 Å². The number of phenols is 1. The summed E-state index contributed by atoms with van der Waals surface area (Å²) in [4.78, 5) is 15.6. The zero-order chi connectivity index (χ0) is 26.2. The fourth-order valence-electron chi connectivity index (χ4n) is 4.35. The van der Waals surface area contributed by atoms with Gasteiger partial charge in [0.1, 0.15) is 6.10 Å². The Hall–Kier alpha value is -2.48. The second kappa shape index (κ2) is 17.0. The van der Waals surface area contributed by atoms with E-state index in [1.54, 1.807) is 19.2 Å². The van der Waals surface area contributed by atoms with Crippen LogP contribution in [0.4, 0.5) is 0 Å². The van der Waals surface area contributed by atoms with Crippen molar-refractivity contribution in [1.82, 2.24) is 5.32 Å². The molecule has 0 bridgehead atoms. The van der Waals surface area contributed by atoms with Crippen molar-refractivity contribution in [3.63, 3.8) is 0 Å². The highest BCUT2D eigenvalue weighted by atomic mass is 16.5. The number of nitrogens with two attached hydrogens (primary N) is 1. The molecule has 0 fully saturated rings. The number of guanidine groups is 1. The highest BCUT2D eigenvalue weighted by Crippen LogP contribution is 2.28. The van der Waals surface area contributed by atoms with Gasteiger partial charge in [-0.2, -0.15) is 0 Å². The number of aliphatic hydroxyl groups is 1. The Morgan fingerprint density at radius 3 is 2.57 bits per heavy atom. The molecule has 200 valence electrons. The van der Waals surface area contributed by atoms with Crippen molar-refractivity contribution < 1.29 is 24.5 Å². The van der Waals surface area contributed by atoms with Gasteiger partial charge in [-0.3, -0.25) is 9.79 Å². The van der Waals surface area contributed by atoms with E-state index in [0.29, 0.717) is 49.2 Å². The number of rotatable bonds is 17. The molecule has 1 aromatic rings. The Morgan fingerprint density at radius 2 is 1.94 bits per heavy atom. The molecule has 0 heterocycles. The molecule has 0 aromatic heterocycles. The standard InChI is InChI=1S/C27H47N3O5/c1-6-7-8-9-19(2)22(18-30-27(28)29-4)12-13-23(32)17-24(35-20(3)31)14-10-21-11-15-25(33)26(16-21)34-5/h11,15-16,19,22-24,32-33H,6-10,12-14,17-18H2,1-5H3,(H3,28,29,30). The molecule has 1 aromatic carbocycles. The third kappa shape index (κ3) is 12.7. The molecule has 5 N–H and O–H groups in total. The van der Waals surface area contributed by atoms with Crippen molar-refractivity contribution in [3.8, 4) is 11.5 Å². The second-order valence-electron chi connectivity index (χ2n) is 9.47. The number of hydrogen-bond donors (Lipinski definition) is 4. The first kappa shape index (κ1) is 30.6. The molecule has 0 aliphatic heterocycles. The molecule has 0 radical (unpaired) electrons. The summed E-state index contributed by atoms with van der Waals surface area (Å²) in [6.45, 7) is 6.58. The number of phenolic OH excluding ortho intramolecular Hbond substituents is 1. The van der Waals surface area contributed by atoms with Gasteiger partial charge in [-0.25, -0.2) is 0 Å². The van der Waals surface area contributed by atoms with Crippen LogP contribution in [-0.2, 0) is 16.0 Å². The van der Waals surface area contributed by atoms with Crippen LogP contribution < -0.4 is 15.8 Å². The zero-order valence-corrected chi connectivity index (χ0v) is 22.3. The SMILES string of the molecule is CCCCCC(C)C(CCC(O)CC(CCc1ccc(O)c(OC)c1)OC(C)=O)CNC(N)=NC. The molecule has 0 amide bonds. The van der Waals surface area contributed by atoms with E-state index in [-0.39, 0.29) is 17.8 Å². The zero-order valence-electron chi connectivity index (χ0n) is 22.3. The number of unbranched alkanes of at least 4 members (excludes halogenated alkanes) is 2. The Balaban J connectivity index is 2.69. The lowest BCUT2D eigenvalue weighted by Crippen LogP contribution is -2.37. The predicted octanol–water partition coefficient (Wildman–Crippen LogP) is 4.16. The van der Waals surface area contributed by atoms with Crippen LogP contribution in [0.5, 0.6) is 11.5 Å². The van der Waals surface area contributed by atoms with Crippen LogP contribution in [0.3, 0.4) is 0 Å². The van der Waals surface area contributed by atoms with Crippen LogP contribution in [0.15, 0.2) is 23.2 Å². The van der Waals surface area contributed by atoms with E-state index in [4.69, 9.17) is 15.2 Å². The van der Waals surface area contributed by atoms with Gasteiger partial charge in [-0.05, 0) is 55.2 Å². The van der Waals surface area contributed by atoms with Crippen LogP contribution >= 0.6 is 0 Å². The molecular weight excluding hydrogens is 446 g/mol. The molecule has 35 heavy (non-hydrogen) atoms. The fourth-order valence-corrected chi connectivity index (χ4v) is 4.35. The number of aromatic hydroxyl groups is 1. The minimum Gasteiger partial charge on any atom is -0.504 e. The number of aliphatic imine (C=N–C) groups is 1. The minimum atomic E-state index is -0.573. The Morgan fingerprint density at radius 1 is 1.20 bits per heavy atom. The molecule has 0 aliphatic rings. The van der Waals surface area contributed by atoms with Gasteiger partial charge in [0.25, 0.3) is 0 Å². The summed E-state index contributed by atoms with van der Waals surface area (Å²) in [7, 11) is 3.17. The third-order valence-corrected chi connectivity index (χ3v) is 6.59. The van der Waals surface area contributed by atoms with E-state index in [1.165, 1.54) is 33.3 Å². The number of hydrogen-bond acceptors (Lipinski definition) is 6. The average molecular weight is 494 g/mol. The van der Waals surface area contributed by atoms with Crippen LogP contribution in [0.1, 0.15) is 77.7 Å². The van der Waals surface area contributed by atoms with Crippen LogP contribution in [0.25, 0.3) is 0 Å². The molecule has 0 saturated carbocycles. The summed E-state index contributed by atoms with van der Waals surface area (Å²) in [6, 6.07) is 5.19. The van der Waals surface area contributed by atoms with Gasteiger partial charge in [0.2, 0.25) is 0 Å². The number of benzene rings is 1. The van der Waals surface area contributed by atoms with E-state index in [1.807, 2.05) is 6.07 Å². The molecular formula is C27H47N3O5.